The number of nitrogens with two attached hydrogens (primary N) is 1. The number of anilines is 4. The summed E-state index contributed by atoms with van der Waals surface area (Å²) in [5.74, 6) is -0.786. The first-order valence-corrected chi connectivity index (χ1v) is 8.22. The Morgan fingerprint density at radius 2 is 2.00 bits per heavy atom. The SMILES string of the molecule is CCN(c1cccnc1)c1cc(F)cc(NC(=O)c2cccc(N)c2)c1. The van der Waals surface area contributed by atoms with Crippen LogP contribution >= 0.6 is 0 Å². The van der Waals surface area contributed by atoms with Gasteiger partial charge < -0.3 is 16.0 Å². The van der Waals surface area contributed by atoms with Gasteiger partial charge in [-0.25, -0.2) is 4.39 Å². The number of amides is 1. The number of halogens is 1. The zero-order valence-corrected chi connectivity index (χ0v) is 14.3. The van der Waals surface area contributed by atoms with Crippen LogP contribution in [0.4, 0.5) is 27.1 Å². The van der Waals surface area contributed by atoms with E-state index >= 15 is 0 Å². The van der Waals surface area contributed by atoms with Gasteiger partial charge >= 0.3 is 0 Å². The molecule has 3 aromatic rings. The van der Waals surface area contributed by atoms with E-state index in [0.717, 1.165) is 5.69 Å². The lowest BCUT2D eigenvalue weighted by molar-refractivity contribution is 0.102. The molecule has 1 heterocycles. The Hall–Kier alpha value is -3.41. The first-order chi connectivity index (χ1) is 12.6. The van der Waals surface area contributed by atoms with Crippen molar-refractivity contribution in [2.24, 2.45) is 0 Å². The monoisotopic (exact) mass is 350 g/mol. The van der Waals surface area contributed by atoms with Crippen molar-refractivity contribution in [3.8, 4) is 0 Å². The second-order valence-corrected chi connectivity index (χ2v) is 5.73. The molecule has 3 rings (SSSR count). The van der Waals surface area contributed by atoms with Crippen LogP contribution in [0.5, 0.6) is 0 Å². The van der Waals surface area contributed by atoms with Crippen molar-refractivity contribution in [1.82, 2.24) is 4.98 Å². The zero-order chi connectivity index (χ0) is 18.5. The Bertz CT molecular complexity index is 915. The van der Waals surface area contributed by atoms with Crippen molar-refractivity contribution in [3.63, 3.8) is 0 Å². The summed E-state index contributed by atoms with van der Waals surface area (Å²) in [4.78, 5) is 18.4. The van der Waals surface area contributed by atoms with Crippen molar-refractivity contribution in [1.29, 1.82) is 0 Å². The third kappa shape index (κ3) is 3.97. The van der Waals surface area contributed by atoms with Crippen LogP contribution in [0.3, 0.4) is 0 Å². The number of nitrogen functional groups attached to an aromatic ring is 1. The van der Waals surface area contributed by atoms with Crippen LogP contribution in [-0.2, 0) is 0 Å². The average molecular weight is 350 g/mol. The van der Waals surface area contributed by atoms with E-state index in [-0.39, 0.29) is 5.91 Å². The van der Waals surface area contributed by atoms with Gasteiger partial charge in [0.25, 0.3) is 5.91 Å². The number of aromatic nitrogens is 1. The molecule has 0 fully saturated rings. The predicted molar refractivity (Wildman–Crippen MR) is 102 cm³/mol. The van der Waals surface area contributed by atoms with Crippen molar-refractivity contribution < 1.29 is 9.18 Å². The second-order valence-electron chi connectivity index (χ2n) is 5.73. The van der Waals surface area contributed by atoms with Gasteiger partial charge in [-0.3, -0.25) is 9.78 Å². The molecule has 0 spiro atoms. The minimum absolute atomic E-state index is 0.349. The largest absolute Gasteiger partial charge is 0.399 e. The van der Waals surface area contributed by atoms with Crippen molar-refractivity contribution >= 4 is 28.7 Å². The lowest BCUT2D eigenvalue weighted by Gasteiger charge is -2.23. The van der Waals surface area contributed by atoms with Crippen LogP contribution in [0, 0.1) is 5.82 Å². The highest BCUT2D eigenvalue weighted by atomic mass is 19.1. The topological polar surface area (TPSA) is 71.2 Å². The smallest absolute Gasteiger partial charge is 0.255 e. The molecule has 0 aliphatic heterocycles. The number of hydrogen-bond acceptors (Lipinski definition) is 4. The lowest BCUT2D eigenvalue weighted by atomic mass is 10.1. The number of hydrogen-bond donors (Lipinski definition) is 2. The molecule has 6 heteroatoms. The highest BCUT2D eigenvalue weighted by Gasteiger charge is 2.12. The van der Waals surface area contributed by atoms with Gasteiger partial charge in [0, 0.05) is 35.4 Å². The van der Waals surface area contributed by atoms with Crippen molar-refractivity contribution in [2.45, 2.75) is 6.92 Å². The number of pyridine rings is 1. The molecule has 26 heavy (non-hydrogen) atoms. The highest BCUT2D eigenvalue weighted by Crippen LogP contribution is 2.28. The molecule has 0 bridgehead atoms. The fourth-order valence-corrected chi connectivity index (χ4v) is 2.71. The number of carbonyl (C=O) groups excluding carboxylic acids is 1. The molecular weight excluding hydrogens is 331 g/mol. The molecule has 5 nitrogen and oxygen atoms in total. The van der Waals surface area contributed by atoms with Crippen molar-refractivity contribution in [3.05, 3.63) is 78.4 Å². The Kier molecular flexibility index (Phi) is 5.12. The fourth-order valence-electron chi connectivity index (χ4n) is 2.71. The van der Waals surface area contributed by atoms with Gasteiger partial charge in [0.15, 0.2) is 0 Å². The van der Waals surface area contributed by atoms with Crippen LogP contribution < -0.4 is 16.0 Å². The molecule has 1 amide bonds. The van der Waals surface area contributed by atoms with E-state index in [9.17, 15) is 9.18 Å². The molecule has 0 aliphatic rings. The molecule has 2 aromatic carbocycles. The van der Waals surface area contributed by atoms with Gasteiger partial charge in [0.1, 0.15) is 5.82 Å². The summed E-state index contributed by atoms with van der Waals surface area (Å²) in [6.45, 7) is 2.58. The first kappa shape index (κ1) is 17.4. The van der Waals surface area contributed by atoms with Crippen LogP contribution in [0.15, 0.2) is 67.0 Å². The summed E-state index contributed by atoms with van der Waals surface area (Å²) in [6, 6.07) is 14.8. The van der Waals surface area contributed by atoms with E-state index in [1.807, 2.05) is 24.0 Å². The third-order valence-corrected chi connectivity index (χ3v) is 3.87. The van der Waals surface area contributed by atoms with Crippen molar-refractivity contribution in [2.75, 3.05) is 22.5 Å². The Balaban J connectivity index is 1.89. The fraction of sp³-hybridized carbons (Fsp3) is 0.100. The van der Waals surface area contributed by atoms with Gasteiger partial charge in [-0.15, -0.1) is 0 Å². The van der Waals surface area contributed by atoms with Gasteiger partial charge in [-0.05, 0) is 55.5 Å². The minimum Gasteiger partial charge on any atom is -0.399 e. The molecule has 0 saturated carbocycles. The molecule has 0 saturated heterocycles. The summed E-state index contributed by atoms with van der Waals surface area (Å²) in [5.41, 5.74) is 8.45. The molecule has 0 atom stereocenters. The number of nitrogens with zero attached hydrogens (tertiary/aromatic N) is 2. The Morgan fingerprint density at radius 3 is 2.69 bits per heavy atom. The summed E-state index contributed by atoms with van der Waals surface area (Å²) < 4.78 is 14.1. The van der Waals surface area contributed by atoms with E-state index < -0.39 is 5.82 Å². The van der Waals surface area contributed by atoms with Crippen LogP contribution in [-0.4, -0.2) is 17.4 Å². The Labute approximate surface area is 151 Å². The third-order valence-electron chi connectivity index (χ3n) is 3.87. The minimum atomic E-state index is -0.437. The zero-order valence-electron chi connectivity index (χ0n) is 14.3. The Morgan fingerprint density at radius 1 is 1.15 bits per heavy atom. The van der Waals surface area contributed by atoms with Gasteiger partial charge in [-0.2, -0.15) is 0 Å². The second kappa shape index (κ2) is 7.65. The molecule has 1 aromatic heterocycles. The maximum atomic E-state index is 14.1. The summed E-state index contributed by atoms with van der Waals surface area (Å²) in [7, 11) is 0. The number of nitrogens with one attached hydrogen (secondary N) is 1. The van der Waals surface area contributed by atoms with Crippen LogP contribution in [0.1, 0.15) is 17.3 Å². The molecule has 0 aliphatic carbocycles. The standard InChI is InChI=1S/C20H19FN4O/c1-2-25(18-7-4-8-23-13-18)19-11-15(21)10-17(12-19)24-20(26)14-5-3-6-16(22)9-14/h3-13H,2,22H2,1H3,(H,24,26). The number of benzene rings is 2. The number of rotatable bonds is 5. The first-order valence-electron chi connectivity index (χ1n) is 8.22. The van der Waals surface area contributed by atoms with E-state index in [0.29, 0.717) is 29.2 Å². The molecular formula is C20H19FN4O. The van der Waals surface area contributed by atoms with E-state index in [2.05, 4.69) is 10.3 Å². The molecule has 132 valence electrons. The van der Waals surface area contributed by atoms with Gasteiger partial charge in [-0.1, -0.05) is 6.07 Å². The quantitative estimate of drug-likeness (QED) is 0.676. The average Bonchev–Trinajstić information content (AvgIpc) is 2.63. The molecule has 0 radical (unpaired) electrons. The van der Waals surface area contributed by atoms with E-state index in [1.54, 1.807) is 42.7 Å². The van der Waals surface area contributed by atoms with Gasteiger partial charge in [0.05, 0.1) is 11.9 Å². The summed E-state index contributed by atoms with van der Waals surface area (Å²) >= 11 is 0. The lowest BCUT2D eigenvalue weighted by Crippen LogP contribution is -2.17. The predicted octanol–water partition coefficient (Wildman–Crippen LogP) is 4.21. The van der Waals surface area contributed by atoms with Gasteiger partial charge in [0.2, 0.25) is 0 Å². The number of carbonyl (C=O) groups is 1. The summed E-state index contributed by atoms with van der Waals surface area (Å²) in [6.07, 6.45) is 3.39. The normalized spacial score (nSPS) is 10.4. The summed E-state index contributed by atoms with van der Waals surface area (Å²) in [5, 5.41) is 2.72. The van der Waals surface area contributed by atoms with Crippen LogP contribution in [0.25, 0.3) is 0 Å². The van der Waals surface area contributed by atoms with E-state index in [1.165, 1.54) is 12.1 Å². The maximum absolute atomic E-state index is 14.1. The molecule has 3 N–H and O–H groups in total. The van der Waals surface area contributed by atoms with Crippen LogP contribution in [0.2, 0.25) is 0 Å². The highest BCUT2D eigenvalue weighted by molar-refractivity contribution is 6.05. The van der Waals surface area contributed by atoms with E-state index in [4.69, 9.17) is 5.73 Å². The molecule has 0 unspecified atom stereocenters. The maximum Gasteiger partial charge on any atom is 0.255 e.